The number of carbonyl (C=O) groups is 1. The standard InChI is InChI=1S/C13H20ClNO5/c1-13(2)18-6-7-5-8(14)11(9(16)10(7)20-13)19-12(17)15(3)4/h5,8-11,16H,6H2,1-4H3/t8-,9-,10+,11+/m0/s1. The van der Waals surface area contributed by atoms with Gasteiger partial charge in [0, 0.05) is 14.1 Å². The van der Waals surface area contributed by atoms with Crippen molar-refractivity contribution in [2.24, 2.45) is 0 Å². The van der Waals surface area contributed by atoms with Gasteiger partial charge in [0.05, 0.1) is 12.0 Å². The Balaban J connectivity index is 2.17. The van der Waals surface area contributed by atoms with Crippen LogP contribution in [0.3, 0.4) is 0 Å². The first-order valence-corrected chi connectivity index (χ1v) is 6.87. The van der Waals surface area contributed by atoms with Crippen molar-refractivity contribution < 1.29 is 24.1 Å². The lowest BCUT2D eigenvalue weighted by Gasteiger charge is -2.44. The van der Waals surface area contributed by atoms with Crippen LogP contribution in [0.15, 0.2) is 11.6 Å². The number of ether oxygens (including phenoxy) is 3. The van der Waals surface area contributed by atoms with Gasteiger partial charge in [-0.05, 0) is 19.4 Å². The molecule has 1 N–H and O–H groups in total. The summed E-state index contributed by atoms with van der Waals surface area (Å²) in [6.07, 6.45) is -1.28. The molecule has 6 nitrogen and oxygen atoms in total. The van der Waals surface area contributed by atoms with E-state index in [9.17, 15) is 9.90 Å². The van der Waals surface area contributed by atoms with Crippen LogP contribution in [0.4, 0.5) is 4.79 Å². The number of nitrogens with zero attached hydrogens (tertiary/aromatic N) is 1. The van der Waals surface area contributed by atoms with E-state index in [0.29, 0.717) is 6.61 Å². The number of hydrogen-bond donors (Lipinski definition) is 1. The van der Waals surface area contributed by atoms with Gasteiger partial charge in [-0.3, -0.25) is 0 Å². The molecule has 0 spiro atoms. The summed E-state index contributed by atoms with van der Waals surface area (Å²) < 4.78 is 16.5. The van der Waals surface area contributed by atoms with Gasteiger partial charge >= 0.3 is 6.09 Å². The Labute approximate surface area is 123 Å². The van der Waals surface area contributed by atoms with Crippen molar-refractivity contribution in [3.63, 3.8) is 0 Å². The third-order valence-electron chi connectivity index (χ3n) is 3.30. The minimum absolute atomic E-state index is 0.340. The van der Waals surface area contributed by atoms with Gasteiger partial charge in [-0.2, -0.15) is 0 Å². The lowest BCUT2D eigenvalue weighted by Crippen LogP contribution is -2.56. The molecule has 0 bridgehead atoms. The number of amides is 1. The monoisotopic (exact) mass is 305 g/mol. The van der Waals surface area contributed by atoms with Gasteiger partial charge in [0.25, 0.3) is 0 Å². The number of fused-ring (bicyclic) bond motifs is 1. The largest absolute Gasteiger partial charge is 0.441 e. The van der Waals surface area contributed by atoms with Crippen LogP contribution in [0, 0.1) is 0 Å². The second-order valence-corrected chi connectivity index (χ2v) is 6.15. The lowest BCUT2D eigenvalue weighted by atomic mass is 9.90. The molecule has 1 fully saturated rings. The number of hydrogen-bond acceptors (Lipinski definition) is 5. The van der Waals surface area contributed by atoms with E-state index in [1.807, 2.05) is 0 Å². The highest BCUT2D eigenvalue weighted by molar-refractivity contribution is 6.22. The van der Waals surface area contributed by atoms with E-state index >= 15 is 0 Å². The van der Waals surface area contributed by atoms with Gasteiger partial charge < -0.3 is 24.2 Å². The minimum atomic E-state index is -1.02. The molecule has 1 heterocycles. The number of aliphatic hydroxyl groups excluding tert-OH is 1. The fourth-order valence-corrected chi connectivity index (χ4v) is 2.57. The van der Waals surface area contributed by atoms with E-state index in [2.05, 4.69) is 0 Å². The molecule has 0 radical (unpaired) electrons. The molecule has 0 saturated carbocycles. The zero-order valence-electron chi connectivity index (χ0n) is 12.0. The molecule has 0 aromatic carbocycles. The molecule has 1 aliphatic carbocycles. The maximum atomic E-state index is 11.6. The van der Waals surface area contributed by atoms with Crippen LogP contribution in [0.5, 0.6) is 0 Å². The quantitative estimate of drug-likeness (QED) is 0.581. The summed E-state index contributed by atoms with van der Waals surface area (Å²) in [4.78, 5) is 12.9. The molecule has 2 rings (SSSR count). The van der Waals surface area contributed by atoms with Gasteiger partial charge in [-0.15, -0.1) is 11.6 Å². The maximum absolute atomic E-state index is 11.6. The number of aliphatic hydroxyl groups is 1. The third kappa shape index (κ3) is 3.09. The molecule has 2 aliphatic rings. The number of alkyl halides is 1. The van der Waals surface area contributed by atoms with E-state index in [0.717, 1.165) is 5.57 Å². The Morgan fingerprint density at radius 1 is 1.55 bits per heavy atom. The Bertz CT molecular complexity index is 423. The summed E-state index contributed by atoms with van der Waals surface area (Å²) in [5.41, 5.74) is 0.772. The maximum Gasteiger partial charge on any atom is 0.409 e. The molecule has 1 aliphatic heterocycles. The van der Waals surface area contributed by atoms with Crippen molar-refractivity contribution >= 4 is 17.7 Å². The van der Waals surface area contributed by atoms with Crippen LogP contribution in [0.2, 0.25) is 0 Å². The summed E-state index contributed by atoms with van der Waals surface area (Å²) in [6.45, 7) is 3.88. The molecule has 0 unspecified atom stereocenters. The van der Waals surface area contributed by atoms with E-state index < -0.39 is 35.6 Å². The van der Waals surface area contributed by atoms with E-state index in [1.54, 1.807) is 34.0 Å². The highest BCUT2D eigenvalue weighted by atomic mass is 35.5. The normalized spacial score (nSPS) is 35.8. The summed E-state index contributed by atoms with van der Waals surface area (Å²) >= 11 is 6.17. The molecule has 0 aromatic heterocycles. The van der Waals surface area contributed by atoms with Crippen molar-refractivity contribution in [1.29, 1.82) is 0 Å². The van der Waals surface area contributed by atoms with Crippen molar-refractivity contribution in [2.75, 3.05) is 20.7 Å². The smallest absolute Gasteiger partial charge is 0.409 e. The molecule has 4 atom stereocenters. The van der Waals surface area contributed by atoms with E-state index in [-0.39, 0.29) is 0 Å². The van der Waals surface area contributed by atoms with Crippen molar-refractivity contribution in [2.45, 2.75) is 43.3 Å². The first-order valence-electron chi connectivity index (χ1n) is 6.44. The molecule has 1 saturated heterocycles. The second kappa shape index (κ2) is 5.52. The second-order valence-electron chi connectivity index (χ2n) is 5.65. The lowest BCUT2D eigenvalue weighted by molar-refractivity contribution is -0.274. The predicted molar refractivity (Wildman–Crippen MR) is 72.6 cm³/mol. The number of halogens is 1. The Kier molecular flexibility index (Phi) is 4.30. The summed E-state index contributed by atoms with van der Waals surface area (Å²) in [6, 6.07) is 0. The number of rotatable bonds is 1. The molecule has 20 heavy (non-hydrogen) atoms. The third-order valence-corrected chi connectivity index (χ3v) is 3.67. The topological polar surface area (TPSA) is 68.2 Å². The highest BCUT2D eigenvalue weighted by Gasteiger charge is 2.46. The van der Waals surface area contributed by atoms with Crippen LogP contribution in [-0.4, -0.2) is 66.3 Å². The summed E-state index contributed by atoms with van der Waals surface area (Å²) in [5.74, 6) is -0.793. The van der Waals surface area contributed by atoms with Gasteiger partial charge in [0.2, 0.25) is 0 Å². The van der Waals surface area contributed by atoms with Gasteiger partial charge in [-0.1, -0.05) is 6.08 Å². The fraction of sp³-hybridized carbons (Fsp3) is 0.769. The van der Waals surface area contributed by atoms with Crippen LogP contribution >= 0.6 is 11.6 Å². The number of carbonyl (C=O) groups excluding carboxylic acids is 1. The molecular formula is C13H20ClNO5. The first kappa shape index (κ1) is 15.6. The molecular weight excluding hydrogens is 286 g/mol. The van der Waals surface area contributed by atoms with Gasteiger partial charge in [0.15, 0.2) is 11.9 Å². The first-order chi connectivity index (χ1) is 9.21. The average molecular weight is 306 g/mol. The molecule has 0 aromatic rings. The van der Waals surface area contributed by atoms with Gasteiger partial charge in [0.1, 0.15) is 12.2 Å². The van der Waals surface area contributed by atoms with Crippen molar-refractivity contribution in [3.05, 3.63) is 11.6 Å². The van der Waals surface area contributed by atoms with Crippen LogP contribution in [-0.2, 0) is 14.2 Å². The van der Waals surface area contributed by atoms with E-state index in [1.165, 1.54) is 4.90 Å². The molecule has 1 amide bonds. The predicted octanol–water partition coefficient (Wildman–Crippen LogP) is 1.11. The Morgan fingerprint density at radius 3 is 2.80 bits per heavy atom. The zero-order valence-corrected chi connectivity index (χ0v) is 12.8. The zero-order chi connectivity index (χ0) is 15.1. The van der Waals surface area contributed by atoms with Crippen molar-refractivity contribution in [3.8, 4) is 0 Å². The Morgan fingerprint density at radius 2 is 2.20 bits per heavy atom. The van der Waals surface area contributed by atoms with E-state index in [4.69, 9.17) is 25.8 Å². The fourth-order valence-electron chi connectivity index (χ4n) is 2.20. The van der Waals surface area contributed by atoms with Crippen LogP contribution in [0.25, 0.3) is 0 Å². The van der Waals surface area contributed by atoms with Crippen LogP contribution < -0.4 is 0 Å². The average Bonchev–Trinajstić information content (AvgIpc) is 2.35. The minimum Gasteiger partial charge on any atom is -0.441 e. The van der Waals surface area contributed by atoms with Crippen molar-refractivity contribution in [1.82, 2.24) is 4.90 Å². The molecule has 7 heteroatoms. The summed E-state index contributed by atoms with van der Waals surface area (Å²) in [5, 5.41) is 9.78. The summed E-state index contributed by atoms with van der Waals surface area (Å²) in [7, 11) is 3.13. The highest BCUT2D eigenvalue weighted by Crippen LogP contribution is 2.35. The van der Waals surface area contributed by atoms with Crippen LogP contribution in [0.1, 0.15) is 13.8 Å². The Hall–Kier alpha value is -0.820. The molecule has 114 valence electrons. The SMILES string of the molecule is CN(C)C(=O)O[C@H]1[C@@H](O)[C@@H]2OC(C)(C)OCC2=C[C@@H]1Cl. The van der Waals surface area contributed by atoms with Gasteiger partial charge in [-0.25, -0.2) is 4.79 Å².